The minimum atomic E-state index is -1.15. The molecule has 6 N–H and O–H groups in total. The number of thioether (sulfide) groups is 1. The first-order valence-electron chi connectivity index (χ1n) is 10.2. The summed E-state index contributed by atoms with van der Waals surface area (Å²) in [5, 5.41) is 23.7. The Morgan fingerprint density at radius 3 is 2.43 bits per heavy atom. The number of carbonyl (C=O) groups is 4. The van der Waals surface area contributed by atoms with Crippen LogP contribution in [0.15, 0.2) is 0 Å². The average molecular weight is 447 g/mol. The zero-order valence-corrected chi connectivity index (χ0v) is 18.6. The number of carboxylic acid groups (broad SMARTS) is 1. The third-order valence-electron chi connectivity index (χ3n) is 5.37. The van der Waals surface area contributed by atoms with Crippen LogP contribution < -0.4 is 16.4 Å². The summed E-state index contributed by atoms with van der Waals surface area (Å²) in [5.41, 5.74) is 5.54. The van der Waals surface area contributed by atoms with Gasteiger partial charge in [-0.05, 0) is 37.2 Å². The van der Waals surface area contributed by atoms with Crippen molar-refractivity contribution in [1.82, 2.24) is 15.5 Å². The number of carboxylic acids is 1. The molecule has 11 heteroatoms. The lowest BCUT2D eigenvalue weighted by Crippen LogP contribution is -2.59. The van der Waals surface area contributed by atoms with Crippen LogP contribution in [-0.4, -0.2) is 88.1 Å². The van der Waals surface area contributed by atoms with Gasteiger partial charge in [0.05, 0.1) is 6.61 Å². The number of amides is 3. The first kappa shape index (κ1) is 26.2. The van der Waals surface area contributed by atoms with Crippen molar-refractivity contribution in [3.05, 3.63) is 0 Å². The van der Waals surface area contributed by atoms with E-state index < -0.39 is 54.5 Å². The molecule has 0 aromatic carbocycles. The molecule has 0 aromatic rings. The SMILES string of the molecule is CCC(C)C(NC(=O)C(N)CO)C(=O)NC(CCSC)C(=O)N1CCCC1C(=O)O. The molecule has 1 aliphatic heterocycles. The Kier molecular flexibility index (Phi) is 11.1. The molecule has 5 atom stereocenters. The molecule has 10 nitrogen and oxygen atoms in total. The molecular formula is C19H34N4O6S. The fourth-order valence-electron chi connectivity index (χ4n) is 3.29. The van der Waals surface area contributed by atoms with Crippen molar-refractivity contribution in [3.63, 3.8) is 0 Å². The number of carbonyl (C=O) groups excluding carboxylic acids is 3. The lowest BCUT2D eigenvalue weighted by molar-refractivity contribution is -0.149. The molecule has 1 rings (SSSR count). The summed E-state index contributed by atoms with van der Waals surface area (Å²) in [4.78, 5) is 50.9. The molecule has 5 unspecified atom stereocenters. The van der Waals surface area contributed by atoms with Gasteiger partial charge in [0.15, 0.2) is 0 Å². The first-order valence-corrected chi connectivity index (χ1v) is 11.6. The van der Waals surface area contributed by atoms with Crippen LogP contribution in [0.1, 0.15) is 39.5 Å². The number of aliphatic hydroxyl groups is 1. The van der Waals surface area contributed by atoms with Gasteiger partial charge in [-0.2, -0.15) is 11.8 Å². The largest absolute Gasteiger partial charge is 0.480 e. The molecule has 1 aliphatic rings. The molecule has 1 heterocycles. The second kappa shape index (κ2) is 12.8. The van der Waals surface area contributed by atoms with Gasteiger partial charge in [0, 0.05) is 6.54 Å². The smallest absolute Gasteiger partial charge is 0.326 e. The number of hydrogen-bond acceptors (Lipinski definition) is 7. The normalized spacial score (nSPS) is 20.2. The van der Waals surface area contributed by atoms with Crippen LogP contribution in [0, 0.1) is 5.92 Å². The van der Waals surface area contributed by atoms with Crippen molar-refractivity contribution in [1.29, 1.82) is 0 Å². The van der Waals surface area contributed by atoms with E-state index in [0.29, 0.717) is 38.0 Å². The summed E-state index contributed by atoms with van der Waals surface area (Å²) in [6, 6.07) is -3.86. The third kappa shape index (κ3) is 7.13. The number of aliphatic hydroxyl groups excluding tert-OH is 1. The van der Waals surface area contributed by atoms with Crippen LogP contribution >= 0.6 is 11.8 Å². The molecule has 1 fully saturated rings. The van der Waals surface area contributed by atoms with E-state index in [1.54, 1.807) is 6.92 Å². The van der Waals surface area contributed by atoms with Gasteiger partial charge in [-0.25, -0.2) is 4.79 Å². The van der Waals surface area contributed by atoms with E-state index >= 15 is 0 Å². The molecule has 172 valence electrons. The second-order valence-electron chi connectivity index (χ2n) is 7.53. The predicted molar refractivity (Wildman–Crippen MR) is 114 cm³/mol. The van der Waals surface area contributed by atoms with E-state index in [2.05, 4.69) is 10.6 Å². The lowest BCUT2D eigenvalue weighted by Gasteiger charge is -2.30. The molecule has 0 bridgehead atoms. The third-order valence-corrected chi connectivity index (χ3v) is 6.02. The van der Waals surface area contributed by atoms with E-state index in [4.69, 9.17) is 10.8 Å². The van der Waals surface area contributed by atoms with E-state index in [1.807, 2.05) is 13.2 Å². The highest BCUT2D eigenvalue weighted by Crippen LogP contribution is 2.20. The van der Waals surface area contributed by atoms with Crippen LogP contribution in [0.25, 0.3) is 0 Å². The van der Waals surface area contributed by atoms with Crippen LogP contribution in [0.5, 0.6) is 0 Å². The van der Waals surface area contributed by atoms with Crippen molar-refractivity contribution in [2.24, 2.45) is 11.7 Å². The summed E-state index contributed by atoms with van der Waals surface area (Å²) in [7, 11) is 0. The van der Waals surface area contributed by atoms with E-state index in [0.717, 1.165) is 0 Å². The summed E-state index contributed by atoms with van der Waals surface area (Å²) in [5.74, 6) is -2.32. The summed E-state index contributed by atoms with van der Waals surface area (Å²) < 4.78 is 0. The highest BCUT2D eigenvalue weighted by atomic mass is 32.2. The van der Waals surface area contributed by atoms with Gasteiger partial charge >= 0.3 is 5.97 Å². The lowest BCUT2D eigenvalue weighted by atomic mass is 9.97. The van der Waals surface area contributed by atoms with Crippen LogP contribution in [0.2, 0.25) is 0 Å². The number of nitrogens with one attached hydrogen (secondary N) is 2. The van der Waals surface area contributed by atoms with Crippen molar-refractivity contribution in [2.45, 2.75) is 63.7 Å². The summed E-state index contributed by atoms with van der Waals surface area (Å²) in [6.45, 7) is 3.43. The van der Waals surface area contributed by atoms with Crippen molar-refractivity contribution in [2.75, 3.05) is 25.2 Å². The predicted octanol–water partition coefficient (Wildman–Crippen LogP) is -0.850. The average Bonchev–Trinajstić information content (AvgIpc) is 3.23. The van der Waals surface area contributed by atoms with Crippen molar-refractivity contribution in [3.8, 4) is 0 Å². The van der Waals surface area contributed by atoms with Gasteiger partial charge in [-0.3, -0.25) is 14.4 Å². The van der Waals surface area contributed by atoms with Crippen LogP contribution in [0.3, 0.4) is 0 Å². The van der Waals surface area contributed by atoms with Gasteiger partial charge in [-0.15, -0.1) is 0 Å². The molecule has 0 aromatic heterocycles. The summed E-state index contributed by atoms with van der Waals surface area (Å²) >= 11 is 1.51. The maximum absolute atomic E-state index is 13.0. The molecule has 0 spiro atoms. The quantitative estimate of drug-likeness (QED) is 0.259. The van der Waals surface area contributed by atoms with Gasteiger partial charge in [0.25, 0.3) is 0 Å². The Hall–Kier alpha value is -1.85. The monoisotopic (exact) mass is 446 g/mol. The number of rotatable bonds is 12. The van der Waals surface area contributed by atoms with E-state index in [1.165, 1.54) is 16.7 Å². The Labute approximate surface area is 181 Å². The zero-order valence-electron chi connectivity index (χ0n) is 17.8. The van der Waals surface area contributed by atoms with E-state index in [9.17, 15) is 24.3 Å². The number of likely N-dealkylation sites (tertiary alicyclic amines) is 1. The highest BCUT2D eigenvalue weighted by Gasteiger charge is 2.38. The second-order valence-corrected chi connectivity index (χ2v) is 8.52. The van der Waals surface area contributed by atoms with Crippen LogP contribution in [0.4, 0.5) is 0 Å². The Balaban J connectivity index is 2.99. The molecule has 3 amide bonds. The standard InChI is InChI=1S/C19H34N4O6S/c1-4-11(2)15(22-16(25)12(20)10-24)17(26)21-13(7-9-30-3)18(27)23-8-5-6-14(23)19(28)29/h11-15,24H,4-10,20H2,1-3H3,(H,21,26)(H,22,25)(H,28,29). The zero-order chi connectivity index (χ0) is 22.8. The van der Waals surface area contributed by atoms with Gasteiger partial charge in [0.1, 0.15) is 24.2 Å². The fourth-order valence-corrected chi connectivity index (χ4v) is 3.76. The first-order chi connectivity index (χ1) is 14.2. The van der Waals surface area contributed by atoms with Gasteiger partial charge in [-0.1, -0.05) is 20.3 Å². The Morgan fingerprint density at radius 1 is 1.23 bits per heavy atom. The topological polar surface area (TPSA) is 162 Å². The van der Waals surface area contributed by atoms with Gasteiger partial charge < -0.3 is 31.5 Å². The fraction of sp³-hybridized carbons (Fsp3) is 0.789. The molecule has 0 radical (unpaired) electrons. The highest BCUT2D eigenvalue weighted by molar-refractivity contribution is 7.98. The molecule has 1 saturated heterocycles. The maximum Gasteiger partial charge on any atom is 0.326 e. The number of hydrogen-bond donors (Lipinski definition) is 5. The van der Waals surface area contributed by atoms with Crippen LogP contribution in [-0.2, 0) is 19.2 Å². The Bertz CT molecular complexity index is 620. The molecule has 0 saturated carbocycles. The van der Waals surface area contributed by atoms with Crippen molar-refractivity contribution >= 4 is 35.5 Å². The Morgan fingerprint density at radius 2 is 1.90 bits per heavy atom. The number of aliphatic carboxylic acids is 1. The molecular weight excluding hydrogens is 412 g/mol. The number of nitrogens with two attached hydrogens (primary N) is 1. The number of nitrogens with zero attached hydrogens (tertiary/aromatic N) is 1. The van der Waals surface area contributed by atoms with Gasteiger partial charge in [0.2, 0.25) is 17.7 Å². The molecule has 30 heavy (non-hydrogen) atoms. The minimum absolute atomic E-state index is 0.241. The summed E-state index contributed by atoms with van der Waals surface area (Å²) in [6.07, 6.45) is 3.78. The van der Waals surface area contributed by atoms with E-state index in [-0.39, 0.29) is 5.92 Å². The minimum Gasteiger partial charge on any atom is -0.480 e. The van der Waals surface area contributed by atoms with Crippen molar-refractivity contribution < 1.29 is 29.4 Å². The maximum atomic E-state index is 13.0. The molecule has 0 aliphatic carbocycles.